The van der Waals surface area contributed by atoms with Crippen LogP contribution in [0.4, 0.5) is 0 Å². The van der Waals surface area contributed by atoms with Gasteiger partial charge < -0.3 is 5.32 Å². The third-order valence-corrected chi connectivity index (χ3v) is 5.45. The molecule has 0 aliphatic heterocycles. The minimum atomic E-state index is -0.391. The maximum Gasteiger partial charge on any atom is 0.262 e. The van der Waals surface area contributed by atoms with Crippen molar-refractivity contribution >= 4 is 28.6 Å². The summed E-state index contributed by atoms with van der Waals surface area (Å²) in [5.74, 6) is -0.116. The molecule has 144 valence electrons. The highest BCUT2D eigenvalue weighted by atomic mass is 32.2. The van der Waals surface area contributed by atoms with Gasteiger partial charge in [-0.2, -0.15) is 0 Å². The summed E-state index contributed by atoms with van der Waals surface area (Å²) < 4.78 is 1.65. The van der Waals surface area contributed by atoms with E-state index < -0.39 is 5.25 Å². The number of nitrogens with one attached hydrogen (secondary N) is 1. The van der Waals surface area contributed by atoms with Gasteiger partial charge in [0.15, 0.2) is 5.16 Å². The van der Waals surface area contributed by atoms with Gasteiger partial charge in [-0.3, -0.25) is 14.2 Å². The van der Waals surface area contributed by atoms with E-state index in [9.17, 15) is 9.59 Å². The minimum absolute atomic E-state index is 0.104. The van der Waals surface area contributed by atoms with Gasteiger partial charge in [0, 0.05) is 6.54 Å². The molecule has 0 fully saturated rings. The Bertz CT molecular complexity index is 1060. The number of aromatic nitrogens is 2. The van der Waals surface area contributed by atoms with Crippen molar-refractivity contribution in [2.75, 3.05) is 6.54 Å². The normalized spacial score (nSPS) is 11.9. The molecule has 5 nitrogen and oxygen atoms in total. The van der Waals surface area contributed by atoms with E-state index >= 15 is 0 Å². The number of carbonyl (C=O) groups excluding carboxylic acids is 1. The first-order valence-electron chi connectivity index (χ1n) is 9.10. The van der Waals surface area contributed by atoms with E-state index in [-0.39, 0.29) is 11.5 Å². The van der Waals surface area contributed by atoms with E-state index in [1.807, 2.05) is 49.4 Å². The molecule has 1 heterocycles. The molecule has 1 atom stereocenters. The predicted molar refractivity (Wildman–Crippen MR) is 115 cm³/mol. The zero-order valence-electron chi connectivity index (χ0n) is 16.0. The fourth-order valence-electron chi connectivity index (χ4n) is 2.78. The SMILES string of the molecule is C=CCNC(=O)[C@@H](C)Sc1nc2ccccc2c(=O)n1Cc1ccc(C)cc1. The molecule has 0 unspecified atom stereocenters. The number of fused-ring (bicyclic) bond motifs is 1. The first-order chi connectivity index (χ1) is 13.5. The Hall–Kier alpha value is -2.86. The topological polar surface area (TPSA) is 64.0 Å². The van der Waals surface area contributed by atoms with Crippen molar-refractivity contribution in [2.45, 2.75) is 30.8 Å². The van der Waals surface area contributed by atoms with E-state index in [1.54, 1.807) is 23.6 Å². The predicted octanol–water partition coefficient (Wildman–Crippen LogP) is 3.54. The van der Waals surface area contributed by atoms with E-state index in [2.05, 4.69) is 16.9 Å². The first kappa shape index (κ1) is 19.9. The van der Waals surface area contributed by atoms with E-state index in [0.29, 0.717) is 29.1 Å². The summed E-state index contributed by atoms with van der Waals surface area (Å²) in [6, 6.07) is 15.3. The van der Waals surface area contributed by atoms with Crippen LogP contribution in [-0.4, -0.2) is 27.3 Å². The lowest BCUT2D eigenvalue weighted by atomic mass is 10.1. The lowest BCUT2D eigenvalue weighted by Gasteiger charge is -2.16. The number of carbonyl (C=O) groups is 1. The zero-order valence-corrected chi connectivity index (χ0v) is 16.8. The maximum atomic E-state index is 13.1. The number of aryl methyl sites for hydroxylation is 1. The van der Waals surface area contributed by atoms with Crippen LogP contribution in [-0.2, 0) is 11.3 Å². The Labute approximate surface area is 168 Å². The van der Waals surface area contributed by atoms with Crippen molar-refractivity contribution in [3.8, 4) is 0 Å². The quantitative estimate of drug-likeness (QED) is 0.379. The van der Waals surface area contributed by atoms with Crippen molar-refractivity contribution in [3.05, 3.63) is 82.7 Å². The number of nitrogens with zero attached hydrogens (tertiary/aromatic N) is 2. The molecule has 28 heavy (non-hydrogen) atoms. The average Bonchev–Trinajstić information content (AvgIpc) is 2.70. The Morgan fingerprint density at radius 2 is 1.96 bits per heavy atom. The molecule has 0 radical (unpaired) electrons. The Kier molecular flexibility index (Phi) is 6.31. The van der Waals surface area contributed by atoms with Gasteiger partial charge in [0.25, 0.3) is 5.56 Å². The number of hydrogen-bond acceptors (Lipinski definition) is 4. The van der Waals surface area contributed by atoms with Crippen LogP contribution in [0.25, 0.3) is 10.9 Å². The van der Waals surface area contributed by atoms with Crippen LogP contribution in [0, 0.1) is 6.92 Å². The summed E-state index contributed by atoms with van der Waals surface area (Å²) in [6.07, 6.45) is 1.64. The fraction of sp³-hybridized carbons (Fsp3) is 0.227. The van der Waals surface area contributed by atoms with Gasteiger partial charge in [-0.05, 0) is 31.5 Å². The van der Waals surface area contributed by atoms with Crippen molar-refractivity contribution in [1.82, 2.24) is 14.9 Å². The van der Waals surface area contributed by atoms with E-state index in [0.717, 1.165) is 11.1 Å². The van der Waals surface area contributed by atoms with Crippen LogP contribution in [0.5, 0.6) is 0 Å². The standard InChI is InChI=1S/C22H23N3O2S/c1-4-13-23-20(26)16(3)28-22-24-19-8-6-5-7-18(19)21(27)25(22)14-17-11-9-15(2)10-12-17/h4-12,16H,1,13-14H2,2-3H3,(H,23,26)/t16-/m1/s1. The summed E-state index contributed by atoms with van der Waals surface area (Å²) in [5.41, 5.74) is 2.70. The molecule has 1 aromatic heterocycles. The molecule has 0 saturated heterocycles. The van der Waals surface area contributed by atoms with Crippen LogP contribution in [0.1, 0.15) is 18.1 Å². The molecule has 3 rings (SSSR count). The fourth-order valence-corrected chi connectivity index (χ4v) is 3.71. The number of hydrogen-bond donors (Lipinski definition) is 1. The van der Waals surface area contributed by atoms with E-state index in [4.69, 9.17) is 0 Å². The number of rotatable bonds is 7. The molecule has 3 aromatic rings. The second-order valence-electron chi connectivity index (χ2n) is 6.58. The van der Waals surface area contributed by atoms with Crippen LogP contribution >= 0.6 is 11.8 Å². The molecule has 0 aliphatic carbocycles. The van der Waals surface area contributed by atoms with Crippen LogP contribution in [0.3, 0.4) is 0 Å². The Morgan fingerprint density at radius 1 is 1.25 bits per heavy atom. The van der Waals surface area contributed by atoms with Crippen LogP contribution < -0.4 is 10.9 Å². The smallest absolute Gasteiger partial charge is 0.262 e. The molecule has 0 saturated carbocycles. The monoisotopic (exact) mass is 393 g/mol. The van der Waals surface area contributed by atoms with Gasteiger partial charge in [-0.25, -0.2) is 4.98 Å². The molecule has 2 aromatic carbocycles. The second kappa shape index (κ2) is 8.89. The van der Waals surface area contributed by atoms with Crippen molar-refractivity contribution in [3.63, 3.8) is 0 Å². The lowest BCUT2D eigenvalue weighted by Crippen LogP contribution is -2.32. The van der Waals surface area contributed by atoms with Crippen molar-refractivity contribution in [1.29, 1.82) is 0 Å². The number of benzene rings is 2. The minimum Gasteiger partial charge on any atom is -0.352 e. The highest BCUT2D eigenvalue weighted by Crippen LogP contribution is 2.23. The van der Waals surface area contributed by atoms with Gasteiger partial charge in [0.2, 0.25) is 5.91 Å². The summed E-state index contributed by atoms with van der Waals surface area (Å²) >= 11 is 1.29. The molecule has 0 bridgehead atoms. The average molecular weight is 394 g/mol. The molecule has 6 heteroatoms. The number of amides is 1. The van der Waals surface area contributed by atoms with Crippen molar-refractivity contribution in [2.24, 2.45) is 0 Å². The Balaban J connectivity index is 2.01. The van der Waals surface area contributed by atoms with Crippen LogP contribution in [0.2, 0.25) is 0 Å². The third-order valence-electron chi connectivity index (χ3n) is 4.36. The van der Waals surface area contributed by atoms with Gasteiger partial charge >= 0.3 is 0 Å². The summed E-state index contributed by atoms with van der Waals surface area (Å²) in [6.45, 7) is 8.25. The Morgan fingerprint density at radius 3 is 2.68 bits per heavy atom. The molecular formula is C22H23N3O2S. The van der Waals surface area contributed by atoms with Gasteiger partial charge in [0.05, 0.1) is 22.7 Å². The number of para-hydroxylation sites is 1. The summed E-state index contributed by atoms with van der Waals surface area (Å²) in [7, 11) is 0. The molecule has 1 amide bonds. The van der Waals surface area contributed by atoms with Crippen molar-refractivity contribution < 1.29 is 4.79 Å². The first-order valence-corrected chi connectivity index (χ1v) is 9.98. The van der Waals surface area contributed by atoms with Gasteiger partial charge in [-0.15, -0.1) is 6.58 Å². The maximum absolute atomic E-state index is 13.1. The van der Waals surface area contributed by atoms with Gasteiger partial charge in [-0.1, -0.05) is 59.8 Å². The summed E-state index contributed by atoms with van der Waals surface area (Å²) in [5, 5.41) is 3.50. The molecule has 0 aliphatic rings. The highest BCUT2D eigenvalue weighted by Gasteiger charge is 2.19. The lowest BCUT2D eigenvalue weighted by molar-refractivity contribution is -0.120. The van der Waals surface area contributed by atoms with Gasteiger partial charge in [0.1, 0.15) is 0 Å². The second-order valence-corrected chi connectivity index (χ2v) is 7.89. The zero-order chi connectivity index (χ0) is 20.1. The van der Waals surface area contributed by atoms with Crippen LogP contribution in [0.15, 0.2) is 71.1 Å². The summed E-state index contributed by atoms with van der Waals surface area (Å²) in [4.78, 5) is 30.1. The molecular weight excluding hydrogens is 370 g/mol. The third kappa shape index (κ3) is 4.51. The van der Waals surface area contributed by atoms with E-state index in [1.165, 1.54) is 11.8 Å². The molecule has 1 N–H and O–H groups in total. The molecule has 0 spiro atoms. The number of thioether (sulfide) groups is 1. The highest BCUT2D eigenvalue weighted by molar-refractivity contribution is 8.00. The largest absolute Gasteiger partial charge is 0.352 e.